The summed E-state index contributed by atoms with van der Waals surface area (Å²) in [5.41, 5.74) is 1.75. The minimum absolute atomic E-state index is 0.386. The van der Waals surface area contributed by atoms with Crippen molar-refractivity contribution in [2.75, 3.05) is 7.05 Å². The summed E-state index contributed by atoms with van der Waals surface area (Å²) in [6.07, 6.45) is 7.01. The van der Waals surface area contributed by atoms with Crippen molar-refractivity contribution in [3.05, 3.63) is 36.0 Å². The summed E-state index contributed by atoms with van der Waals surface area (Å²) in [5.74, 6) is 0. The zero-order valence-electron chi connectivity index (χ0n) is 10.2. The Balaban J connectivity index is 2.74. The van der Waals surface area contributed by atoms with Crippen LogP contribution in [0.2, 0.25) is 0 Å². The molecule has 1 amide bonds. The van der Waals surface area contributed by atoms with Crippen LogP contribution >= 0.6 is 0 Å². The third-order valence-corrected chi connectivity index (χ3v) is 2.64. The number of amides is 1. The second-order valence-electron chi connectivity index (χ2n) is 4.26. The molecule has 0 bridgehead atoms. The molecule has 1 aliphatic rings. The van der Waals surface area contributed by atoms with Gasteiger partial charge in [-0.15, -0.1) is 0 Å². The standard InChI is InChI=1S/C13H19NO2/c1-5-6-7-11-9-13(3,8-10(11)2)16-12(15)14-4/h5-7H,2,8-9H2,1,3-4H3,(H,14,15)/b6-5-,11-7-. The van der Waals surface area contributed by atoms with E-state index < -0.39 is 5.60 Å². The first kappa shape index (κ1) is 12.6. The molecule has 0 aliphatic heterocycles. The summed E-state index contributed by atoms with van der Waals surface area (Å²) >= 11 is 0. The van der Waals surface area contributed by atoms with Crippen LogP contribution in [-0.4, -0.2) is 18.7 Å². The number of ether oxygens (including phenoxy) is 1. The van der Waals surface area contributed by atoms with E-state index in [2.05, 4.69) is 11.9 Å². The monoisotopic (exact) mass is 221 g/mol. The molecule has 1 rings (SSSR count). The molecule has 0 aromatic heterocycles. The largest absolute Gasteiger partial charge is 0.443 e. The second-order valence-corrected chi connectivity index (χ2v) is 4.26. The Morgan fingerprint density at radius 2 is 2.25 bits per heavy atom. The molecule has 0 radical (unpaired) electrons. The molecule has 0 aromatic carbocycles. The maximum atomic E-state index is 11.2. The van der Waals surface area contributed by atoms with Crippen LogP contribution in [0.1, 0.15) is 26.7 Å². The van der Waals surface area contributed by atoms with Crippen LogP contribution in [0.3, 0.4) is 0 Å². The molecule has 88 valence electrons. The summed E-state index contributed by atoms with van der Waals surface area (Å²) < 4.78 is 5.35. The van der Waals surface area contributed by atoms with Crippen LogP contribution in [0.25, 0.3) is 0 Å². The Morgan fingerprint density at radius 1 is 1.56 bits per heavy atom. The number of alkyl carbamates (subject to hydrolysis) is 1. The van der Waals surface area contributed by atoms with E-state index >= 15 is 0 Å². The van der Waals surface area contributed by atoms with E-state index in [0.29, 0.717) is 6.42 Å². The van der Waals surface area contributed by atoms with Crippen LogP contribution in [0.15, 0.2) is 36.0 Å². The maximum Gasteiger partial charge on any atom is 0.407 e. The molecule has 3 nitrogen and oxygen atoms in total. The van der Waals surface area contributed by atoms with Crippen LogP contribution < -0.4 is 5.32 Å². The van der Waals surface area contributed by atoms with E-state index in [9.17, 15) is 4.79 Å². The predicted octanol–water partition coefficient (Wildman–Crippen LogP) is 2.95. The van der Waals surface area contributed by atoms with E-state index in [1.807, 2.05) is 32.1 Å². The lowest BCUT2D eigenvalue weighted by Gasteiger charge is -2.23. The average Bonchev–Trinajstić information content (AvgIpc) is 2.50. The van der Waals surface area contributed by atoms with Gasteiger partial charge in [0.05, 0.1) is 0 Å². The minimum atomic E-state index is -0.454. The third-order valence-electron chi connectivity index (χ3n) is 2.64. The van der Waals surface area contributed by atoms with Gasteiger partial charge in [0.25, 0.3) is 0 Å². The van der Waals surface area contributed by atoms with Gasteiger partial charge in [-0.3, -0.25) is 0 Å². The van der Waals surface area contributed by atoms with Crippen molar-refractivity contribution in [1.82, 2.24) is 5.32 Å². The minimum Gasteiger partial charge on any atom is -0.443 e. The molecule has 1 N–H and O–H groups in total. The SMILES string of the molecule is C=C1CC(C)(OC(=O)NC)C/C1=C/C=C\C. The van der Waals surface area contributed by atoms with E-state index in [1.54, 1.807) is 7.05 Å². The lowest BCUT2D eigenvalue weighted by Crippen LogP contribution is -2.33. The number of carbonyl (C=O) groups is 1. The van der Waals surface area contributed by atoms with Gasteiger partial charge < -0.3 is 10.1 Å². The topological polar surface area (TPSA) is 38.3 Å². The molecule has 1 fully saturated rings. The molecule has 0 spiro atoms. The normalized spacial score (nSPS) is 27.7. The molecular weight excluding hydrogens is 202 g/mol. The van der Waals surface area contributed by atoms with E-state index in [4.69, 9.17) is 4.74 Å². The highest BCUT2D eigenvalue weighted by atomic mass is 16.6. The van der Waals surface area contributed by atoms with E-state index in [0.717, 1.165) is 17.6 Å². The molecule has 1 aliphatic carbocycles. The lowest BCUT2D eigenvalue weighted by atomic mass is 10.0. The van der Waals surface area contributed by atoms with Gasteiger partial charge in [0.2, 0.25) is 0 Å². The molecule has 0 saturated heterocycles. The Kier molecular flexibility index (Phi) is 3.93. The zero-order valence-corrected chi connectivity index (χ0v) is 10.2. The van der Waals surface area contributed by atoms with Crippen molar-refractivity contribution in [1.29, 1.82) is 0 Å². The van der Waals surface area contributed by atoms with E-state index in [1.165, 1.54) is 0 Å². The first-order valence-corrected chi connectivity index (χ1v) is 5.41. The Morgan fingerprint density at radius 3 is 2.81 bits per heavy atom. The van der Waals surface area contributed by atoms with Gasteiger partial charge in [-0.1, -0.05) is 24.8 Å². The van der Waals surface area contributed by atoms with Gasteiger partial charge in [-0.25, -0.2) is 4.79 Å². The van der Waals surface area contributed by atoms with Crippen LogP contribution in [0.5, 0.6) is 0 Å². The number of carbonyl (C=O) groups excluding carboxylic acids is 1. The van der Waals surface area contributed by atoms with Crippen molar-refractivity contribution in [2.45, 2.75) is 32.3 Å². The smallest absolute Gasteiger partial charge is 0.407 e. The molecule has 16 heavy (non-hydrogen) atoms. The third kappa shape index (κ3) is 2.99. The summed E-state index contributed by atoms with van der Waals surface area (Å²) in [4.78, 5) is 11.2. The van der Waals surface area contributed by atoms with Crippen molar-refractivity contribution < 1.29 is 9.53 Å². The number of rotatable bonds is 2. The number of hydrogen-bond acceptors (Lipinski definition) is 2. The van der Waals surface area contributed by atoms with Crippen molar-refractivity contribution >= 4 is 6.09 Å². The molecule has 1 atom stereocenters. The molecule has 0 heterocycles. The first-order chi connectivity index (χ1) is 7.50. The van der Waals surface area contributed by atoms with Crippen molar-refractivity contribution in [3.8, 4) is 0 Å². The highest BCUT2D eigenvalue weighted by Gasteiger charge is 2.37. The number of nitrogens with one attached hydrogen (secondary N) is 1. The van der Waals surface area contributed by atoms with Gasteiger partial charge in [0.15, 0.2) is 0 Å². The Hall–Kier alpha value is -1.51. The number of hydrogen-bond donors (Lipinski definition) is 1. The second kappa shape index (κ2) is 5.01. The van der Waals surface area contributed by atoms with Gasteiger partial charge in [-0.05, 0) is 25.0 Å². The van der Waals surface area contributed by atoms with E-state index in [-0.39, 0.29) is 6.09 Å². The molecule has 3 heteroatoms. The van der Waals surface area contributed by atoms with Crippen LogP contribution in [-0.2, 0) is 4.74 Å². The van der Waals surface area contributed by atoms with Crippen molar-refractivity contribution in [2.24, 2.45) is 0 Å². The summed E-state index contributed by atoms with van der Waals surface area (Å²) in [7, 11) is 1.56. The van der Waals surface area contributed by atoms with Gasteiger partial charge >= 0.3 is 6.09 Å². The quantitative estimate of drug-likeness (QED) is 0.778. The predicted molar refractivity (Wildman–Crippen MR) is 65.2 cm³/mol. The first-order valence-electron chi connectivity index (χ1n) is 5.41. The van der Waals surface area contributed by atoms with Gasteiger partial charge in [0, 0.05) is 19.9 Å². The Bertz CT molecular complexity index is 355. The number of allylic oxidation sites excluding steroid dienone is 3. The molecular formula is C13H19NO2. The van der Waals surface area contributed by atoms with Crippen molar-refractivity contribution in [3.63, 3.8) is 0 Å². The van der Waals surface area contributed by atoms with Gasteiger partial charge in [0.1, 0.15) is 5.60 Å². The summed E-state index contributed by atoms with van der Waals surface area (Å²) in [5, 5.41) is 2.47. The highest BCUT2D eigenvalue weighted by molar-refractivity contribution is 5.67. The molecule has 1 saturated carbocycles. The van der Waals surface area contributed by atoms with Crippen LogP contribution in [0.4, 0.5) is 4.79 Å². The zero-order chi connectivity index (χ0) is 12.2. The maximum absolute atomic E-state index is 11.2. The Labute approximate surface area is 96.9 Å². The molecule has 1 unspecified atom stereocenters. The highest BCUT2D eigenvalue weighted by Crippen LogP contribution is 2.40. The summed E-state index contributed by atoms with van der Waals surface area (Å²) in [6, 6.07) is 0. The fraction of sp³-hybridized carbons (Fsp3) is 0.462. The lowest BCUT2D eigenvalue weighted by molar-refractivity contribution is 0.0367. The van der Waals surface area contributed by atoms with Gasteiger partial charge in [-0.2, -0.15) is 0 Å². The fourth-order valence-electron chi connectivity index (χ4n) is 1.89. The average molecular weight is 221 g/mol. The summed E-state index contributed by atoms with van der Waals surface area (Å²) in [6.45, 7) is 7.90. The fourth-order valence-corrected chi connectivity index (χ4v) is 1.89. The molecule has 0 aromatic rings. The van der Waals surface area contributed by atoms with Crippen LogP contribution in [0, 0.1) is 0 Å².